The van der Waals surface area contributed by atoms with E-state index in [2.05, 4.69) is 24.6 Å². The molecule has 0 amide bonds. The molecule has 1 saturated heterocycles. The van der Waals surface area contributed by atoms with Gasteiger partial charge >= 0.3 is 5.97 Å². The number of nitrogens with zero attached hydrogens (tertiary/aromatic N) is 4. The van der Waals surface area contributed by atoms with Crippen molar-refractivity contribution in [3.05, 3.63) is 22.5 Å². The zero-order valence-electron chi connectivity index (χ0n) is 17.6. The van der Waals surface area contributed by atoms with Gasteiger partial charge in [0.2, 0.25) is 5.95 Å². The lowest BCUT2D eigenvalue weighted by molar-refractivity contribution is 0.0522. The van der Waals surface area contributed by atoms with E-state index in [1.54, 1.807) is 20.8 Å². The Kier molecular flexibility index (Phi) is 6.14. The minimum atomic E-state index is -0.469. The smallest absolute Gasteiger partial charge is 0.340 e. The number of aromatic nitrogens is 4. The maximum Gasteiger partial charge on any atom is 0.340 e. The van der Waals surface area contributed by atoms with Crippen molar-refractivity contribution in [2.45, 2.75) is 44.8 Å². The standard InChI is InChI=1S/C20H27N5O4S/c1-4-29-18(27)17-13(3)21-12(2)16(17)15(26)11-30-20-23-22-19(25(20)14-5-6-14)24-7-9-28-10-8-24/h14,21H,4-11H2,1-3H3. The van der Waals surface area contributed by atoms with Gasteiger partial charge in [-0.15, -0.1) is 10.2 Å². The summed E-state index contributed by atoms with van der Waals surface area (Å²) in [7, 11) is 0. The molecule has 0 radical (unpaired) electrons. The second-order valence-electron chi connectivity index (χ2n) is 7.54. The zero-order chi connectivity index (χ0) is 21.3. The molecular weight excluding hydrogens is 406 g/mol. The number of morpholine rings is 1. The number of rotatable bonds is 8. The van der Waals surface area contributed by atoms with Gasteiger partial charge in [-0.25, -0.2) is 4.79 Å². The highest BCUT2D eigenvalue weighted by atomic mass is 32.2. The average Bonchev–Trinajstić information content (AvgIpc) is 3.41. The first-order valence-electron chi connectivity index (χ1n) is 10.3. The number of aryl methyl sites for hydroxylation is 2. The van der Waals surface area contributed by atoms with Crippen molar-refractivity contribution < 1.29 is 19.1 Å². The zero-order valence-corrected chi connectivity index (χ0v) is 18.4. The molecule has 0 spiro atoms. The van der Waals surface area contributed by atoms with E-state index in [0.29, 0.717) is 41.8 Å². The van der Waals surface area contributed by atoms with Crippen molar-refractivity contribution in [3.8, 4) is 0 Å². The van der Waals surface area contributed by atoms with E-state index in [4.69, 9.17) is 9.47 Å². The summed E-state index contributed by atoms with van der Waals surface area (Å²) in [5.41, 5.74) is 2.07. The molecule has 30 heavy (non-hydrogen) atoms. The summed E-state index contributed by atoms with van der Waals surface area (Å²) in [6.45, 7) is 8.54. The van der Waals surface area contributed by atoms with Gasteiger partial charge in [0.15, 0.2) is 10.9 Å². The summed E-state index contributed by atoms with van der Waals surface area (Å²) in [4.78, 5) is 30.7. The highest BCUT2D eigenvalue weighted by Gasteiger charge is 2.33. The van der Waals surface area contributed by atoms with Crippen LogP contribution in [0.15, 0.2) is 5.16 Å². The number of ether oxygens (including phenoxy) is 2. The van der Waals surface area contributed by atoms with Crippen LogP contribution >= 0.6 is 11.8 Å². The van der Waals surface area contributed by atoms with Crippen molar-refractivity contribution in [2.75, 3.05) is 43.6 Å². The monoisotopic (exact) mass is 433 g/mol. The van der Waals surface area contributed by atoms with Gasteiger partial charge in [-0.2, -0.15) is 0 Å². The number of Topliss-reactive ketones (excluding diaryl/α,β-unsaturated/α-hetero) is 1. The number of hydrogen-bond acceptors (Lipinski definition) is 8. The summed E-state index contributed by atoms with van der Waals surface area (Å²) in [6, 6.07) is 0.391. The molecule has 2 aromatic rings. The first-order valence-corrected chi connectivity index (χ1v) is 11.3. The molecule has 3 heterocycles. The van der Waals surface area contributed by atoms with E-state index in [1.807, 2.05) is 0 Å². The quantitative estimate of drug-likeness (QED) is 0.385. The number of ketones is 1. The molecule has 0 aromatic carbocycles. The van der Waals surface area contributed by atoms with Crippen molar-refractivity contribution in [3.63, 3.8) is 0 Å². The maximum absolute atomic E-state index is 13.1. The molecule has 0 atom stereocenters. The van der Waals surface area contributed by atoms with Crippen LogP contribution in [0.25, 0.3) is 0 Å². The molecule has 0 bridgehead atoms. The van der Waals surface area contributed by atoms with Gasteiger partial charge in [0.05, 0.1) is 36.7 Å². The summed E-state index contributed by atoms with van der Waals surface area (Å²) in [5.74, 6) is 0.446. The van der Waals surface area contributed by atoms with E-state index in [0.717, 1.165) is 37.0 Å². The molecule has 2 fully saturated rings. The normalized spacial score (nSPS) is 16.7. The summed E-state index contributed by atoms with van der Waals surface area (Å²) >= 11 is 1.37. The van der Waals surface area contributed by atoms with Gasteiger partial charge in [-0.1, -0.05) is 11.8 Å². The SMILES string of the molecule is CCOC(=O)c1c(C)[nH]c(C)c1C(=O)CSc1nnc(N2CCOCC2)n1C1CC1. The second-order valence-corrected chi connectivity index (χ2v) is 8.48. The van der Waals surface area contributed by atoms with Crippen LogP contribution in [0.3, 0.4) is 0 Å². The van der Waals surface area contributed by atoms with E-state index in [9.17, 15) is 9.59 Å². The number of hydrogen-bond donors (Lipinski definition) is 1. The summed E-state index contributed by atoms with van der Waals surface area (Å²) in [5, 5.41) is 9.53. The van der Waals surface area contributed by atoms with E-state index < -0.39 is 5.97 Å². The maximum atomic E-state index is 13.1. The summed E-state index contributed by atoms with van der Waals surface area (Å²) in [6.07, 6.45) is 2.19. The Balaban J connectivity index is 1.53. The van der Waals surface area contributed by atoms with Gasteiger partial charge in [0.1, 0.15) is 0 Å². The van der Waals surface area contributed by atoms with Crippen LogP contribution in [0.2, 0.25) is 0 Å². The fourth-order valence-electron chi connectivity index (χ4n) is 3.79. The van der Waals surface area contributed by atoms with Crippen LogP contribution in [0.5, 0.6) is 0 Å². The van der Waals surface area contributed by atoms with Crippen LogP contribution in [-0.2, 0) is 9.47 Å². The first-order chi connectivity index (χ1) is 14.5. The average molecular weight is 434 g/mol. The van der Waals surface area contributed by atoms with Gasteiger partial charge in [0.25, 0.3) is 0 Å². The molecule has 1 saturated carbocycles. The lowest BCUT2D eigenvalue weighted by atomic mass is 10.1. The molecular formula is C20H27N5O4S. The number of thioether (sulfide) groups is 1. The molecule has 4 rings (SSSR count). The van der Waals surface area contributed by atoms with Gasteiger partial charge < -0.3 is 19.4 Å². The third-order valence-electron chi connectivity index (χ3n) is 5.32. The number of nitrogens with one attached hydrogen (secondary N) is 1. The van der Waals surface area contributed by atoms with Crippen LogP contribution in [0.1, 0.15) is 57.9 Å². The Labute approximate surface area is 179 Å². The highest BCUT2D eigenvalue weighted by molar-refractivity contribution is 7.99. The van der Waals surface area contributed by atoms with Gasteiger partial charge in [-0.3, -0.25) is 9.36 Å². The van der Waals surface area contributed by atoms with Gasteiger partial charge in [-0.05, 0) is 33.6 Å². The Hall–Kier alpha value is -2.33. The van der Waals surface area contributed by atoms with Crippen molar-refractivity contribution in [1.29, 1.82) is 0 Å². The number of aromatic amines is 1. The van der Waals surface area contributed by atoms with E-state index in [-0.39, 0.29) is 18.1 Å². The molecule has 0 unspecified atom stereocenters. The lowest BCUT2D eigenvalue weighted by Crippen LogP contribution is -2.38. The Bertz CT molecular complexity index is 943. The second kappa shape index (κ2) is 8.81. The Morgan fingerprint density at radius 3 is 2.53 bits per heavy atom. The van der Waals surface area contributed by atoms with Crippen molar-refractivity contribution >= 4 is 29.5 Å². The number of H-pyrrole nitrogens is 1. The molecule has 10 heteroatoms. The Morgan fingerprint density at radius 1 is 1.17 bits per heavy atom. The largest absolute Gasteiger partial charge is 0.462 e. The molecule has 162 valence electrons. The van der Waals surface area contributed by atoms with Crippen LogP contribution in [-0.4, -0.2) is 70.2 Å². The number of carbonyl (C=O) groups excluding carboxylic acids is 2. The van der Waals surface area contributed by atoms with E-state index in [1.165, 1.54) is 11.8 Å². The molecule has 2 aliphatic rings. The molecule has 1 aliphatic carbocycles. The number of carbonyl (C=O) groups is 2. The molecule has 1 aliphatic heterocycles. The Morgan fingerprint density at radius 2 is 1.87 bits per heavy atom. The fourth-order valence-corrected chi connectivity index (χ4v) is 4.66. The van der Waals surface area contributed by atoms with Crippen molar-refractivity contribution in [1.82, 2.24) is 19.7 Å². The van der Waals surface area contributed by atoms with Crippen LogP contribution in [0, 0.1) is 13.8 Å². The predicted octanol–water partition coefficient (Wildman–Crippen LogP) is 2.55. The van der Waals surface area contributed by atoms with Crippen molar-refractivity contribution in [2.24, 2.45) is 0 Å². The minimum absolute atomic E-state index is 0.122. The lowest BCUT2D eigenvalue weighted by Gasteiger charge is -2.27. The van der Waals surface area contributed by atoms with Crippen LogP contribution < -0.4 is 4.90 Å². The van der Waals surface area contributed by atoms with Crippen LogP contribution in [0.4, 0.5) is 5.95 Å². The predicted molar refractivity (Wildman–Crippen MR) is 113 cm³/mol. The molecule has 9 nitrogen and oxygen atoms in total. The van der Waals surface area contributed by atoms with E-state index >= 15 is 0 Å². The topological polar surface area (TPSA) is 102 Å². The first kappa shape index (κ1) is 20.9. The highest BCUT2D eigenvalue weighted by Crippen LogP contribution is 2.41. The third kappa shape index (κ3) is 4.11. The fraction of sp³-hybridized carbons (Fsp3) is 0.600. The molecule has 2 aromatic heterocycles. The minimum Gasteiger partial charge on any atom is -0.462 e. The number of esters is 1. The summed E-state index contributed by atoms with van der Waals surface area (Å²) < 4.78 is 12.7. The molecule has 1 N–H and O–H groups in total. The number of anilines is 1. The third-order valence-corrected chi connectivity index (χ3v) is 6.26. The van der Waals surface area contributed by atoms with Gasteiger partial charge in [0, 0.05) is 30.5 Å².